The van der Waals surface area contributed by atoms with Crippen molar-refractivity contribution in [3.63, 3.8) is 0 Å². The third kappa shape index (κ3) is 9.13. The van der Waals surface area contributed by atoms with Crippen LogP contribution in [-0.2, 0) is 9.59 Å². The summed E-state index contributed by atoms with van der Waals surface area (Å²) in [7, 11) is 0. The second-order valence-corrected chi connectivity index (χ2v) is 16.4. The molecule has 5 amide bonds. The lowest BCUT2D eigenvalue weighted by atomic mass is 10.1. The fraction of sp³-hybridized carbons (Fsp3) is 0.167. The maximum Gasteiger partial charge on any atom is 0.353 e. The number of carbonyl (C=O) groups excluding carboxylic acids is 7. The molecule has 2 saturated heterocycles. The molecule has 0 bridgehead atoms. The summed E-state index contributed by atoms with van der Waals surface area (Å²) in [5.41, 5.74) is 6.73. The van der Waals surface area contributed by atoms with Gasteiger partial charge in [-0.2, -0.15) is 10.2 Å². The number of halogens is 2. The third-order valence-corrected chi connectivity index (χ3v) is 12.1. The molecule has 2 aliphatic heterocycles. The standard InChI is InChI=1S/C24H20FN7O4.C24H19FN6O5/c25-15-12-28-19(16-10-17(22(26)34)30-29-16)20-18(15)14(11-27-20)21(33)24(36)32-8-6-31(7-9-32)23(35)13-4-2-1-3-5-13;25-15-12-27-19(16-10-17(24(35)36)29-28-16)20-18(15)14(11-26-20)21(32)23(34)31-8-6-30(7-9-31)22(33)13-4-2-1-3-5-13/h1-5,10-12,27H,6-9H2,(H2,26,34)(H,29,30);1-5,10-12,26H,6-9H2,(H,28,29)(H,35,36). The second kappa shape index (κ2) is 19.7. The van der Waals surface area contributed by atoms with Crippen molar-refractivity contribution in [2.75, 3.05) is 52.4 Å². The number of fused-ring (bicyclic) bond motifs is 2. The molecule has 2 fully saturated rings. The average molecular weight is 980 g/mol. The highest BCUT2D eigenvalue weighted by Gasteiger charge is 2.33. The Morgan fingerprint density at radius 3 is 1.28 bits per heavy atom. The van der Waals surface area contributed by atoms with Gasteiger partial charge in [0.1, 0.15) is 34.2 Å². The molecule has 8 heterocycles. The molecule has 22 nitrogen and oxygen atoms in total. The van der Waals surface area contributed by atoms with Gasteiger partial charge in [-0.1, -0.05) is 36.4 Å². The zero-order valence-electron chi connectivity index (χ0n) is 37.5. The topological polar surface area (TPSA) is 310 Å². The first-order valence-corrected chi connectivity index (χ1v) is 22.0. The molecular weight excluding hydrogens is 941 g/mol. The highest BCUT2D eigenvalue weighted by Crippen LogP contribution is 2.32. The van der Waals surface area contributed by atoms with E-state index in [0.717, 1.165) is 12.4 Å². The number of piperazine rings is 2. The highest BCUT2D eigenvalue weighted by molar-refractivity contribution is 6.45. The maximum atomic E-state index is 14.8. The van der Waals surface area contributed by atoms with Gasteiger partial charge >= 0.3 is 5.97 Å². The monoisotopic (exact) mass is 979 g/mol. The number of primary amides is 1. The van der Waals surface area contributed by atoms with E-state index in [9.17, 15) is 47.1 Å². The SMILES string of the molecule is NC(=O)c1cc(-c2ncc(F)c3c(C(=O)C(=O)N4CCN(C(=O)c5ccccc5)CC4)c[nH]c23)n[nH]1.O=C(O)c1cc(-c2ncc(F)c3c(C(=O)C(=O)N4CCN(C(=O)c5ccccc5)CC4)c[nH]c23)n[nH]1. The van der Waals surface area contributed by atoms with Crippen LogP contribution < -0.4 is 5.73 Å². The smallest absolute Gasteiger partial charge is 0.353 e. The molecule has 0 unspecified atom stereocenters. The van der Waals surface area contributed by atoms with Gasteiger partial charge in [-0.3, -0.25) is 43.8 Å². The Balaban J connectivity index is 0.000000178. The van der Waals surface area contributed by atoms with Gasteiger partial charge in [0.15, 0.2) is 11.6 Å². The molecule has 0 radical (unpaired) electrons. The predicted molar refractivity (Wildman–Crippen MR) is 249 cm³/mol. The minimum Gasteiger partial charge on any atom is -0.477 e. The number of carboxylic acids is 1. The van der Waals surface area contributed by atoms with Gasteiger partial charge in [0, 0.05) is 81.9 Å². The third-order valence-electron chi connectivity index (χ3n) is 12.1. The van der Waals surface area contributed by atoms with E-state index in [1.165, 1.54) is 34.3 Å². The summed E-state index contributed by atoms with van der Waals surface area (Å²) < 4.78 is 29.5. The maximum absolute atomic E-state index is 14.8. The lowest BCUT2D eigenvalue weighted by Gasteiger charge is -2.34. The normalized spacial score (nSPS) is 13.7. The summed E-state index contributed by atoms with van der Waals surface area (Å²) in [6, 6.07) is 20.2. The number of hydrogen-bond acceptors (Lipinski definition) is 12. The second-order valence-electron chi connectivity index (χ2n) is 16.4. The Labute approximate surface area is 403 Å². The number of ketones is 2. The van der Waals surface area contributed by atoms with Crippen LogP contribution in [0.1, 0.15) is 62.4 Å². The van der Waals surface area contributed by atoms with Gasteiger partial charge in [0.25, 0.3) is 41.1 Å². The number of carboxylic acid groups (broad SMARTS) is 1. The van der Waals surface area contributed by atoms with Crippen LogP contribution in [0.4, 0.5) is 8.78 Å². The number of carbonyl (C=O) groups is 8. The van der Waals surface area contributed by atoms with Crippen LogP contribution in [0.25, 0.3) is 44.6 Å². The van der Waals surface area contributed by atoms with E-state index in [1.54, 1.807) is 58.3 Å². The molecular formula is C48H39F2N13O9. The van der Waals surface area contributed by atoms with E-state index in [0.29, 0.717) is 11.1 Å². The van der Waals surface area contributed by atoms with Crippen molar-refractivity contribution < 1.29 is 52.2 Å². The summed E-state index contributed by atoms with van der Waals surface area (Å²) in [5, 5.41) is 21.5. The summed E-state index contributed by atoms with van der Waals surface area (Å²) >= 11 is 0. The lowest BCUT2D eigenvalue weighted by molar-refractivity contribution is -0.128. The molecule has 364 valence electrons. The van der Waals surface area contributed by atoms with Gasteiger partial charge in [-0.05, 0) is 30.3 Å². The molecule has 0 spiro atoms. The van der Waals surface area contributed by atoms with E-state index >= 15 is 0 Å². The van der Waals surface area contributed by atoms with Gasteiger partial charge in [-0.15, -0.1) is 0 Å². The van der Waals surface area contributed by atoms with Crippen LogP contribution in [0.3, 0.4) is 0 Å². The van der Waals surface area contributed by atoms with Crippen molar-refractivity contribution in [1.29, 1.82) is 0 Å². The Hall–Kier alpha value is -9.74. The number of aromatic nitrogens is 8. The van der Waals surface area contributed by atoms with Gasteiger partial charge < -0.3 is 40.4 Å². The Bertz CT molecular complexity index is 3240. The fourth-order valence-electron chi connectivity index (χ4n) is 8.35. The van der Waals surface area contributed by atoms with Crippen LogP contribution in [0.5, 0.6) is 0 Å². The Kier molecular flexibility index (Phi) is 13.0. The highest BCUT2D eigenvalue weighted by atomic mass is 19.1. The number of pyridine rings is 2. The summed E-state index contributed by atoms with van der Waals surface area (Å²) in [5.74, 6) is -7.29. The molecule has 24 heteroatoms. The van der Waals surface area contributed by atoms with Crippen molar-refractivity contribution in [2.45, 2.75) is 0 Å². The quantitative estimate of drug-likeness (QED) is 0.0848. The zero-order valence-corrected chi connectivity index (χ0v) is 37.5. The van der Waals surface area contributed by atoms with Crippen LogP contribution >= 0.6 is 0 Å². The van der Waals surface area contributed by atoms with E-state index < -0.39 is 46.9 Å². The number of nitrogens with one attached hydrogen (secondary N) is 4. The van der Waals surface area contributed by atoms with Crippen LogP contribution in [0.15, 0.2) is 97.6 Å². The van der Waals surface area contributed by atoms with E-state index in [4.69, 9.17) is 10.8 Å². The molecule has 0 aliphatic carbocycles. The minimum absolute atomic E-state index is 0.0344. The average Bonchev–Trinajstić information content (AvgIpc) is 4.26. The summed E-state index contributed by atoms with van der Waals surface area (Å²) in [6.07, 6.45) is 4.27. The van der Waals surface area contributed by atoms with Gasteiger partial charge in [-0.25, -0.2) is 23.5 Å². The molecule has 8 aromatic rings. The predicted octanol–water partition coefficient (Wildman–Crippen LogP) is 3.32. The molecule has 0 atom stereocenters. The number of rotatable bonds is 10. The van der Waals surface area contributed by atoms with Gasteiger partial charge in [0.05, 0.1) is 45.3 Å². The molecule has 72 heavy (non-hydrogen) atoms. The largest absolute Gasteiger partial charge is 0.477 e. The van der Waals surface area contributed by atoms with Crippen molar-refractivity contribution in [2.24, 2.45) is 5.73 Å². The van der Waals surface area contributed by atoms with Crippen molar-refractivity contribution in [3.8, 4) is 22.8 Å². The number of benzene rings is 2. The van der Waals surface area contributed by atoms with Gasteiger partial charge in [0.2, 0.25) is 0 Å². The van der Waals surface area contributed by atoms with E-state index in [1.807, 2.05) is 12.1 Å². The molecule has 2 aromatic carbocycles. The molecule has 6 aromatic heterocycles. The van der Waals surface area contributed by atoms with E-state index in [-0.39, 0.29) is 131 Å². The lowest BCUT2D eigenvalue weighted by Crippen LogP contribution is -2.52. The fourth-order valence-corrected chi connectivity index (χ4v) is 8.35. The summed E-state index contributed by atoms with van der Waals surface area (Å²) in [4.78, 5) is 119. The zero-order chi connectivity index (χ0) is 50.8. The number of aromatic amines is 4. The first kappa shape index (κ1) is 47.3. The van der Waals surface area contributed by atoms with Crippen molar-refractivity contribution >= 4 is 68.9 Å². The number of nitrogens with zero attached hydrogens (tertiary/aromatic N) is 8. The van der Waals surface area contributed by atoms with Crippen LogP contribution in [0, 0.1) is 11.6 Å². The number of aromatic carboxylic acids is 1. The van der Waals surface area contributed by atoms with Crippen LogP contribution in [0.2, 0.25) is 0 Å². The molecule has 2 aliphatic rings. The molecule has 10 rings (SSSR count). The summed E-state index contributed by atoms with van der Waals surface area (Å²) in [6.45, 7) is 1.71. The molecule has 7 N–H and O–H groups in total. The number of nitrogens with two attached hydrogens (primary N) is 1. The first-order chi connectivity index (χ1) is 34.7. The number of amides is 5. The van der Waals surface area contributed by atoms with Crippen LogP contribution in [-0.4, -0.2) is 164 Å². The van der Waals surface area contributed by atoms with Crippen molar-refractivity contribution in [1.82, 2.24) is 59.9 Å². The minimum atomic E-state index is -1.23. The molecule has 0 saturated carbocycles. The number of Topliss-reactive ketones (excluding diaryl/α,β-unsaturated/α-hetero) is 2. The van der Waals surface area contributed by atoms with Crippen molar-refractivity contribution in [3.05, 3.63) is 143 Å². The Morgan fingerprint density at radius 1 is 0.542 bits per heavy atom. The van der Waals surface area contributed by atoms with E-state index in [2.05, 4.69) is 40.3 Å². The number of H-pyrrole nitrogens is 4. The Morgan fingerprint density at radius 2 is 0.917 bits per heavy atom. The first-order valence-electron chi connectivity index (χ1n) is 22.0. The number of hydrogen-bond donors (Lipinski definition) is 6.